The number of fused-ring (bicyclic) bond motifs is 1. The van der Waals surface area contributed by atoms with Crippen LogP contribution in [0.1, 0.15) is 27.8 Å². The number of carbonyl (C=O) groups is 2. The van der Waals surface area contributed by atoms with Crippen LogP contribution in [-0.4, -0.2) is 23.3 Å². The molecule has 0 fully saturated rings. The molecule has 5 rings (SSSR count). The maximum absolute atomic E-state index is 13.7. The van der Waals surface area contributed by atoms with E-state index in [1.54, 1.807) is 24.3 Å². The lowest BCUT2D eigenvalue weighted by atomic mass is 9.96. The second-order valence-corrected chi connectivity index (χ2v) is 8.82. The van der Waals surface area contributed by atoms with E-state index in [2.05, 4.69) is 17.0 Å². The molecular formula is C27H23ClN2O2. The summed E-state index contributed by atoms with van der Waals surface area (Å²) in [6.07, 6.45) is 0.832. The van der Waals surface area contributed by atoms with Gasteiger partial charge in [0.25, 0.3) is 11.8 Å². The van der Waals surface area contributed by atoms with Gasteiger partial charge in [-0.2, -0.15) is 0 Å². The van der Waals surface area contributed by atoms with E-state index in [0.29, 0.717) is 35.1 Å². The normalized spacial score (nSPS) is 16.1. The minimum atomic E-state index is -0.311. The van der Waals surface area contributed by atoms with Gasteiger partial charge in [0.05, 0.1) is 11.3 Å². The van der Waals surface area contributed by atoms with Crippen molar-refractivity contribution in [3.8, 4) is 0 Å². The van der Waals surface area contributed by atoms with Crippen LogP contribution in [0.4, 0.5) is 5.69 Å². The number of imide groups is 1. The van der Waals surface area contributed by atoms with Crippen molar-refractivity contribution in [2.24, 2.45) is 0 Å². The van der Waals surface area contributed by atoms with Crippen molar-refractivity contribution >= 4 is 34.7 Å². The Hall–Kier alpha value is -3.37. The minimum Gasteiger partial charge on any atom is -0.362 e. The van der Waals surface area contributed by atoms with E-state index in [1.165, 1.54) is 16.0 Å². The van der Waals surface area contributed by atoms with Gasteiger partial charge in [0.15, 0.2) is 0 Å². The Kier molecular flexibility index (Phi) is 5.10. The van der Waals surface area contributed by atoms with E-state index in [4.69, 9.17) is 11.6 Å². The van der Waals surface area contributed by atoms with Crippen molar-refractivity contribution in [1.29, 1.82) is 0 Å². The third kappa shape index (κ3) is 3.41. The Balaban J connectivity index is 1.64. The van der Waals surface area contributed by atoms with E-state index < -0.39 is 0 Å². The average Bonchev–Trinajstić information content (AvgIpc) is 3.05. The number of halogens is 1. The van der Waals surface area contributed by atoms with E-state index >= 15 is 0 Å². The summed E-state index contributed by atoms with van der Waals surface area (Å²) in [6.45, 7) is 5.34. The van der Waals surface area contributed by atoms with Gasteiger partial charge in [-0.3, -0.25) is 9.59 Å². The molecule has 2 heterocycles. The quantitative estimate of drug-likeness (QED) is 0.517. The van der Waals surface area contributed by atoms with E-state index in [-0.39, 0.29) is 11.8 Å². The number of anilines is 1. The first-order chi connectivity index (χ1) is 15.4. The summed E-state index contributed by atoms with van der Waals surface area (Å²) >= 11 is 6.18. The fourth-order valence-corrected chi connectivity index (χ4v) is 4.69. The lowest BCUT2D eigenvalue weighted by molar-refractivity contribution is -0.120. The number of amides is 2. The van der Waals surface area contributed by atoms with Gasteiger partial charge in [0, 0.05) is 18.1 Å². The molecule has 0 saturated carbocycles. The molecule has 2 aliphatic rings. The first-order valence-electron chi connectivity index (χ1n) is 10.7. The van der Waals surface area contributed by atoms with Gasteiger partial charge in [-0.25, -0.2) is 4.90 Å². The lowest BCUT2D eigenvalue weighted by Crippen LogP contribution is -2.37. The summed E-state index contributed by atoms with van der Waals surface area (Å²) in [5.41, 5.74) is 6.88. The molecule has 0 spiro atoms. The van der Waals surface area contributed by atoms with Crippen molar-refractivity contribution in [2.75, 3.05) is 11.4 Å². The molecule has 32 heavy (non-hydrogen) atoms. The molecular weight excluding hydrogens is 420 g/mol. The lowest BCUT2D eigenvalue weighted by Gasteiger charge is -2.31. The van der Waals surface area contributed by atoms with Crippen LogP contribution in [-0.2, 0) is 22.6 Å². The van der Waals surface area contributed by atoms with Crippen LogP contribution >= 0.6 is 11.6 Å². The minimum absolute atomic E-state index is 0.301. The van der Waals surface area contributed by atoms with Gasteiger partial charge in [0.1, 0.15) is 5.70 Å². The molecule has 0 aliphatic carbocycles. The number of nitrogens with zero attached hydrogens (tertiary/aromatic N) is 2. The van der Waals surface area contributed by atoms with Crippen molar-refractivity contribution in [3.63, 3.8) is 0 Å². The summed E-state index contributed by atoms with van der Waals surface area (Å²) in [4.78, 5) is 30.7. The largest absolute Gasteiger partial charge is 0.362 e. The molecule has 2 aliphatic heterocycles. The molecule has 0 atom stereocenters. The van der Waals surface area contributed by atoms with Crippen molar-refractivity contribution in [3.05, 3.63) is 105 Å². The van der Waals surface area contributed by atoms with Gasteiger partial charge in [-0.1, -0.05) is 60.1 Å². The van der Waals surface area contributed by atoms with Crippen molar-refractivity contribution in [1.82, 2.24) is 4.90 Å². The summed E-state index contributed by atoms with van der Waals surface area (Å²) < 4.78 is 0. The van der Waals surface area contributed by atoms with Crippen LogP contribution in [0.5, 0.6) is 0 Å². The van der Waals surface area contributed by atoms with Gasteiger partial charge in [0.2, 0.25) is 0 Å². The zero-order chi connectivity index (χ0) is 22.4. The highest BCUT2D eigenvalue weighted by molar-refractivity contribution is 6.45. The molecule has 2 amide bonds. The number of benzene rings is 3. The van der Waals surface area contributed by atoms with Crippen molar-refractivity contribution in [2.45, 2.75) is 26.8 Å². The molecule has 0 unspecified atom stereocenters. The molecule has 0 radical (unpaired) electrons. The standard InChI is InChI=1S/C27H23ClN2O2/c1-17-10-11-20(14-18(17)2)24-25(29-13-12-19-6-3-4-7-21(19)16-29)27(32)30(26(24)31)23-9-5-8-22(28)15-23/h3-11,14-15H,12-13,16H2,1-2H3. The van der Waals surface area contributed by atoms with Crippen LogP contribution in [0.2, 0.25) is 5.02 Å². The highest BCUT2D eigenvalue weighted by atomic mass is 35.5. The van der Waals surface area contributed by atoms with Crippen LogP contribution in [0.15, 0.2) is 72.4 Å². The third-order valence-corrected chi connectivity index (χ3v) is 6.60. The van der Waals surface area contributed by atoms with Crippen LogP contribution in [0.25, 0.3) is 5.57 Å². The maximum Gasteiger partial charge on any atom is 0.282 e. The Bertz CT molecular complexity index is 1290. The highest BCUT2D eigenvalue weighted by Gasteiger charge is 2.43. The summed E-state index contributed by atoms with van der Waals surface area (Å²) in [6, 6.07) is 21.1. The number of hydrogen-bond donors (Lipinski definition) is 0. The fourth-order valence-electron chi connectivity index (χ4n) is 4.50. The number of hydrogen-bond acceptors (Lipinski definition) is 3. The fraction of sp³-hybridized carbons (Fsp3) is 0.185. The van der Waals surface area contributed by atoms with E-state index in [1.807, 2.05) is 44.2 Å². The van der Waals surface area contributed by atoms with E-state index in [0.717, 1.165) is 23.1 Å². The smallest absolute Gasteiger partial charge is 0.282 e. The predicted octanol–water partition coefficient (Wildman–Crippen LogP) is 5.30. The highest BCUT2D eigenvalue weighted by Crippen LogP contribution is 2.37. The molecule has 3 aromatic rings. The van der Waals surface area contributed by atoms with Crippen LogP contribution < -0.4 is 4.90 Å². The average molecular weight is 443 g/mol. The van der Waals surface area contributed by atoms with Gasteiger partial charge < -0.3 is 4.90 Å². The second kappa shape index (κ2) is 7.95. The number of carbonyl (C=O) groups excluding carboxylic acids is 2. The van der Waals surface area contributed by atoms with Crippen molar-refractivity contribution < 1.29 is 9.59 Å². The van der Waals surface area contributed by atoms with Gasteiger partial charge >= 0.3 is 0 Å². The first-order valence-corrected chi connectivity index (χ1v) is 11.1. The Morgan fingerprint density at radius 2 is 1.59 bits per heavy atom. The molecule has 0 saturated heterocycles. The zero-order valence-corrected chi connectivity index (χ0v) is 18.8. The monoisotopic (exact) mass is 442 g/mol. The summed E-state index contributed by atoms with van der Waals surface area (Å²) in [5, 5.41) is 0.483. The first kappa shape index (κ1) is 20.5. The number of aryl methyl sites for hydroxylation is 2. The van der Waals surface area contributed by atoms with E-state index in [9.17, 15) is 9.59 Å². The molecule has 5 heteroatoms. The zero-order valence-electron chi connectivity index (χ0n) is 18.1. The van der Waals surface area contributed by atoms with Gasteiger partial charge in [-0.05, 0) is 66.3 Å². The molecule has 0 N–H and O–H groups in total. The molecule has 4 nitrogen and oxygen atoms in total. The molecule has 3 aromatic carbocycles. The predicted molar refractivity (Wildman–Crippen MR) is 127 cm³/mol. The second-order valence-electron chi connectivity index (χ2n) is 8.39. The SMILES string of the molecule is Cc1ccc(C2=C(N3CCc4ccccc4C3)C(=O)N(c3cccc(Cl)c3)C2=O)cc1C. The third-order valence-electron chi connectivity index (χ3n) is 6.37. The molecule has 0 bridgehead atoms. The Labute approximate surface area is 192 Å². The maximum atomic E-state index is 13.7. The summed E-state index contributed by atoms with van der Waals surface area (Å²) in [7, 11) is 0. The summed E-state index contributed by atoms with van der Waals surface area (Å²) in [5.74, 6) is -0.612. The van der Waals surface area contributed by atoms with Crippen LogP contribution in [0.3, 0.4) is 0 Å². The molecule has 160 valence electrons. The Morgan fingerprint density at radius 3 is 2.34 bits per heavy atom. The molecule has 0 aromatic heterocycles. The topological polar surface area (TPSA) is 40.6 Å². The number of rotatable bonds is 3. The van der Waals surface area contributed by atoms with Gasteiger partial charge in [-0.15, -0.1) is 0 Å². The Morgan fingerprint density at radius 1 is 0.812 bits per heavy atom. The van der Waals surface area contributed by atoms with Crippen LogP contribution in [0, 0.1) is 13.8 Å².